The highest BCUT2D eigenvalue weighted by Crippen LogP contribution is 2.44. The van der Waals surface area contributed by atoms with Crippen LogP contribution in [0.4, 0.5) is 0 Å². The Hall–Kier alpha value is -0.670. The molecule has 0 aliphatic heterocycles. The topological polar surface area (TPSA) is 21.3 Å². The van der Waals surface area contributed by atoms with E-state index in [4.69, 9.17) is 4.74 Å². The molecule has 2 aliphatic carbocycles. The number of benzene rings is 1. The Morgan fingerprint density at radius 1 is 1.26 bits per heavy atom. The molecule has 0 aromatic heterocycles. The molecule has 0 bridgehead atoms. The summed E-state index contributed by atoms with van der Waals surface area (Å²) < 4.78 is 5.25. The van der Waals surface area contributed by atoms with Crippen LogP contribution in [0.1, 0.15) is 25.7 Å². The van der Waals surface area contributed by atoms with Crippen molar-refractivity contribution in [3.63, 3.8) is 0 Å². The Morgan fingerprint density at radius 3 is 2.63 bits per heavy atom. The maximum Gasteiger partial charge on any atom is 0.119 e. The largest absolute Gasteiger partial charge is 0.497 e. The molecule has 3 heteroatoms. The van der Waals surface area contributed by atoms with Gasteiger partial charge in [-0.3, -0.25) is 0 Å². The summed E-state index contributed by atoms with van der Waals surface area (Å²) in [6.45, 7) is 1.12. The summed E-state index contributed by atoms with van der Waals surface area (Å²) in [5, 5.41) is 3.79. The lowest BCUT2D eigenvalue weighted by molar-refractivity contribution is 0.413. The van der Waals surface area contributed by atoms with E-state index in [-0.39, 0.29) is 0 Å². The zero-order valence-corrected chi connectivity index (χ0v) is 12.4. The third kappa shape index (κ3) is 3.90. The van der Waals surface area contributed by atoms with Crippen LogP contribution in [-0.4, -0.2) is 25.4 Å². The molecule has 2 nitrogen and oxygen atoms in total. The smallest absolute Gasteiger partial charge is 0.119 e. The van der Waals surface area contributed by atoms with E-state index in [1.54, 1.807) is 7.11 Å². The predicted molar refractivity (Wildman–Crippen MR) is 81.0 cm³/mol. The van der Waals surface area contributed by atoms with E-state index in [1.807, 2.05) is 17.8 Å². The predicted octanol–water partition coefficient (Wildman–Crippen LogP) is 3.57. The van der Waals surface area contributed by atoms with Gasteiger partial charge in [-0.2, -0.15) is 0 Å². The van der Waals surface area contributed by atoms with Gasteiger partial charge in [0.1, 0.15) is 5.75 Å². The first-order chi connectivity index (χ1) is 9.36. The second-order valence-electron chi connectivity index (χ2n) is 5.68. The minimum Gasteiger partial charge on any atom is -0.497 e. The molecule has 0 amide bonds. The molecule has 2 aliphatic rings. The second-order valence-corrected chi connectivity index (χ2v) is 6.85. The van der Waals surface area contributed by atoms with Gasteiger partial charge in [0.05, 0.1) is 7.11 Å². The van der Waals surface area contributed by atoms with Crippen molar-refractivity contribution in [1.29, 1.82) is 0 Å². The molecule has 1 aromatic rings. The van der Waals surface area contributed by atoms with Crippen molar-refractivity contribution in [3.8, 4) is 5.75 Å². The van der Waals surface area contributed by atoms with Gasteiger partial charge in [-0.1, -0.05) is 6.07 Å². The highest BCUT2D eigenvalue weighted by atomic mass is 32.2. The minimum atomic E-state index is 0.825. The molecule has 1 N–H and O–H groups in total. The molecule has 3 rings (SSSR count). The van der Waals surface area contributed by atoms with Gasteiger partial charge < -0.3 is 10.1 Å². The second kappa shape index (κ2) is 6.19. The summed E-state index contributed by atoms with van der Waals surface area (Å²) in [4.78, 5) is 1.30. The van der Waals surface area contributed by atoms with Crippen LogP contribution in [0.15, 0.2) is 29.2 Å². The van der Waals surface area contributed by atoms with Gasteiger partial charge in [-0.05, 0) is 55.7 Å². The first-order valence-electron chi connectivity index (χ1n) is 7.37. The number of hydrogen-bond donors (Lipinski definition) is 1. The van der Waals surface area contributed by atoms with Gasteiger partial charge >= 0.3 is 0 Å². The fourth-order valence-electron chi connectivity index (χ4n) is 2.71. The van der Waals surface area contributed by atoms with Crippen LogP contribution >= 0.6 is 11.8 Å². The molecule has 0 atom stereocenters. The number of ether oxygens (including phenoxy) is 1. The van der Waals surface area contributed by atoms with Crippen molar-refractivity contribution < 1.29 is 4.74 Å². The lowest BCUT2D eigenvalue weighted by atomic mass is 10.1. The molecule has 104 valence electrons. The van der Waals surface area contributed by atoms with E-state index in [9.17, 15) is 0 Å². The van der Waals surface area contributed by atoms with Gasteiger partial charge in [-0.25, -0.2) is 0 Å². The average molecular weight is 277 g/mol. The van der Waals surface area contributed by atoms with E-state index < -0.39 is 0 Å². The summed E-state index contributed by atoms with van der Waals surface area (Å²) >= 11 is 1.91. The maximum atomic E-state index is 5.25. The fourth-order valence-corrected chi connectivity index (χ4v) is 3.54. The first-order valence-corrected chi connectivity index (χ1v) is 8.35. The summed E-state index contributed by atoms with van der Waals surface area (Å²) in [6.07, 6.45) is 5.82. The zero-order valence-electron chi connectivity index (χ0n) is 11.6. The molecular formula is C16H23NOS. The third-order valence-electron chi connectivity index (χ3n) is 4.05. The van der Waals surface area contributed by atoms with Gasteiger partial charge in [-0.15, -0.1) is 11.8 Å². The minimum absolute atomic E-state index is 0.825. The van der Waals surface area contributed by atoms with Crippen molar-refractivity contribution in [2.75, 3.05) is 19.4 Å². The molecule has 2 fully saturated rings. The molecule has 1 aromatic carbocycles. The van der Waals surface area contributed by atoms with Crippen LogP contribution in [0.5, 0.6) is 5.75 Å². The fraction of sp³-hybridized carbons (Fsp3) is 0.625. The zero-order chi connectivity index (χ0) is 13.1. The maximum absolute atomic E-state index is 5.25. The van der Waals surface area contributed by atoms with Gasteiger partial charge in [0.15, 0.2) is 0 Å². The first kappa shape index (κ1) is 13.3. The number of rotatable bonds is 8. The number of nitrogens with one attached hydrogen (secondary N) is 1. The standard InChI is InChI=1S/C16H23NOS/c1-18-14-3-2-4-15(11-14)19-10-9-17-16(12-5-6-12)13-7-8-13/h2-4,11-13,16-17H,5-10H2,1H3. The molecule has 0 saturated heterocycles. The average Bonchev–Trinajstić information content (AvgIpc) is 3.31. The van der Waals surface area contributed by atoms with Gasteiger partial charge in [0.2, 0.25) is 0 Å². The Morgan fingerprint density at radius 2 is 2.00 bits per heavy atom. The van der Waals surface area contributed by atoms with Gasteiger partial charge in [0, 0.05) is 23.2 Å². The van der Waals surface area contributed by atoms with E-state index in [0.29, 0.717) is 0 Å². The van der Waals surface area contributed by atoms with Gasteiger partial charge in [0.25, 0.3) is 0 Å². The Kier molecular flexibility index (Phi) is 4.34. The third-order valence-corrected chi connectivity index (χ3v) is 5.05. The summed E-state index contributed by atoms with van der Waals surface area (Å²) in [6, 6.07) is 9.16. The van der Waals surface area contributed by atoms with Crippen LogP contribution in [-0.2, 0) is 0 Å². The van der Waals surface area contributed by atoms with E-state index in [2.05, 4.69) is 23.5 Å². The monoisotopic (exact) mass is 277 g/mol. The summed E-state index contributed by atoms with van der Waals surface area (Å²) in [7, 11) is 1.72. The summed E-state index contributed by atoms with van der Waals surface area (Å²) in [5.41, 5.74) is 0. The molecule has 0 unspecified atom stereocenters. The van der Waals surface area contributed by atoms with Crippen molar-refractivity contribution in [2.45, 2.75) is 36.6 Å². The molecular weight excluding hydrogens is 254 g/mol. The van der Waals surface area contributed by atoms with Crippen LogP contribution in [0.2, 0.25) is 0 Å². The number of hydrogen-bond acceptors (Lipinski definition) is 3. The number of methoxy groups -OCH3 is 1. The quantitative estimate of drug-likeness (QED) is 0.580. The van der Waals surface area contributed by atoms with Crippen LogP contribution in [0.3, 0.4) is 0 Å². The van der Waals surface area contributed by atoms with E-state index in [0.717, 1.165) is 35.9 Å². The van der Waals surface area contributed by atoms with Crippen LogP contribution in [0, 0.1) is 11.8 Å². The van der Waals surface area contributed by atoms with Crippen molar-refractivity contribution >= 4 is 11.8 Å². The lowest BCUT2D eigenvalue weighted by Gasteiger charge is -2.17. The highest BCUT2D eigenvalue weighted by molar-refractivity contribution is 7.99. The Bertz CT molecular complexity index is 403. The molecule has 0 radical (unpaired) electrons. The Labute approximate surface area is 120 Å². The van der Waals surface area contributed by atoms with Crippen molar-refractivity contribution in [2.24, 2.45) is 11.8 Å². The Balaban J connectivity index is 1.39. The molecule has 0 heterocycles. The van der Waals surface area contributed by atoms with Crippen molar-refractivity contribution in [3.05, 3.63) is 24.3 Å². The number of thioether (sulfide) groups is 1. The van der Waals surface area contributed by atoms with Crippen molar-refractivity contribution in [1.82, 2.24) is 5.32 Å². The normalized spacial score (nSPS) is 18.8. The van der Waals surface area contributed by atoms with E-state index in [1.165, 1.54) is 30.6 Å². The lowest BCUT2D eigenvalue weighted by Crippen LogP contribution is -2.34. The SMILES string of the molecule is COc1cccc(SCCNC(C2CC2)C2CC2)c1. The molecule has 2 saturated carbocycles. The molecule has 19 heavy (non-hydrogen) atoms. The summed E-state index contributed by atoms with van der Waals surface area (Å²) in [5.74, 6) is 4.08. The van der Waals surface area contributed by atoms with Crippen LogP contribution in [0.25, 0.3) is 0 Å². The van der Waals surface area contributed by atoms with E-state index >= 15 is 0 Å². The van der Waals surface area contributed by atoms with Crippen LogP contribution < -0.4 is 10.1 Å². The molecule has 0 spiro atoms. The highest BCUT2D eigenvalue weighted by Gasteiger charge is 2.40.